The lowest BCUT2D eigenvalue weighted by Gasteiger charge is -2.33. The van der Waals surface area contributed by atoms with Crippen molar-refractivity contribution in [1.82, 2.24) is 25.2 Å². The van der Waals surface area contributed by atoms with Gasteiger partial charge < -0.3 is 25.0 Å². The summed E-state index contributed by atoms with van der Waals surface area (Å²) < 4.78 is 6.19. The maximum atomic E-state index is 13.4. The highest BCUT2D eigenvalue weighted by Crippen LogP contribution is 2.37. The van der Waals surface area contributed by atoms with Crippen LogP contribution in [0.25, 0.3) is 22.3 Å². The van der Waals surface area contributed by atoms with Gasteiger partial charge in [-0.15, -0.1) is 0 Å². The Morgan fingerprint density at radius 3 is 2.65 bits per heavy atom. The first-order chi connectivity index (χ1) is 17.9. The maximum Gasteiger partial charge on any atom is 0.255 e. The van der Waals surface area contributed by atoms with E-state index in [9.17, 15) is 14.7 Å². The number of aliphatic hydroxyl groups is 1. The summed E-state index contributed by atoms with van der Waals surface area (Å²) in [4.78, 5) is 39.6. The summed E-state index contributed by atoms with van der Waals surface area (Å²) >= 11 is 0. The van der Waals surface area contributed by atoms with E-state index in [2.05, 4.69) is 39.3 Å². The molecule has 196 valence electrons. The van der Waals surface area contributed by atoms with Crippen molar-refractivity contribution in [3.63, 3.8) is 0 Å². The zero-order chi connectivity index (χ0) is 26.1. The fourth-order valence-corrected chi connectivity index (χ4v) is 4.97. The zero-order valence-electron chi connectivity index (χ0n) is 21.7. The number of amides is 2. The van der Waals surface area contributed by atoms with Crippen LogP contribution in [-0.4, -0.2) is 68.6 Å². The van der Waals surface area contributed by atoms with Gasteiger partial charge >= 0.3 is 0 Å². The number of ether oxygens (including phenoxy) is 1. The second-order valence-corrected chi connectivity index (χ2v) is 10.3. The molecule has 3 N–H and O–H groups in total. The lowest BCUT2D eigenvalue weighted by atomic mass is 10.0. The van der Waals surface area contributed by atoms with E-state index in [1.807, 2.05) is 13.0 Å². The highest BCUT2D eigenvalue weighted by Gasteiger charge is 2.28. The van der Waals surface area contributed by atoms with E-state index in [1.165, 1.54) is 31.7 Å². The Morgan fingerprint density at radius 2 is 1.97 bits per heavy atom. The third-order valence-corrected chi connectivity index (χ3v) is 7.38. The predicted molar refractivity (Wildman–Crippen MR) is 140 cm³/mol. The molecule has 37 heavy (non-hydrogen) atoms. The fourth-order valence-electron chi connectivity index (χ4n) is 4.97. The molecular formula is C28H35N5O4. The van der Waals surface area contributed by atoms with E-state index in [1.54, 1.807) is 4.90 Å². The Labute approximate surface area is 216 Å². The number of carbonyl (C=O) groups excluding carboxylic acids is 2. The van der Waals surface area contributed by atoms with Crippen molar-refractivity contribution < 1.29 is 19.4 Å². The average molecular weight is 506 g/mol. The number of fused-ring (bicyclic) bond motifs is 1. The highest BCUT2D eigenvalue weighted by atomic mass is 16.5. The van der Waals surface area contributed by atoms with Crippen LogP contribution in [0.15, 0.2) is 24.5 Å². The molecule has 2 aliphatic rings. The highest BCUT2D eigenvalue weighted by molar-refractivity contribution is 6.09. The summed E-state index contributed by atoms with van der Waals surface area (Å²) in [5.41, 5.74) is 5.33. The van der Waals surface area contributed by atoms with Crippen molar-refractivity contribution in [2.24, 2.45) is 5.92 Å². The van der Waals surface area contributed by atoms with Gasteiger partial charge in [0.15, 0.2) is 0 Å². The van der Waals surface area contributed by atoms with Crippen molar-refractivity contribution in [3.8, 4) is 17.0 Å². The summed E-state index contributed by atoms with van der Waals surface area (Å²) in [6.45, 7) is 7.18. The third-order valence-electron chi connectivity index (χ3n) is 7.38. The van der Waals surface area contributed by atoms with Gasteiger partial charge in [-0.25, -0.2) is 9.97 Å². The first-order valence-corrected chi connectivity index (χ1v) is 13.2. The van der Waals surface area contributed by atoms with Gasteiger partial charge in [-0.05, 0) is 69.6 Å². The van der Waals surface area contributed by atoms with Crippen molar-refractivity contribution in [2.75, 3.05) is 19.7 Å². The fraction of sp³-hybridized carbons (Fsp3) is 0.500. The second kappa shape index (κ2) is 10.5. The van der Waals surface area contributed by atoms with E-state index < -0.39 is 6.10 Å². The minimum atomic E-state index is -1.01. The number of nitrogens with one attached hydrogen (secondary N) is 2. The molecule has 5 rings (SSSR count). The van der Waals surface area contributed by atoms with E-state index in [0.29, 0.717) is 55.1 Å². The van der Waals surface area contributed by atoms with Gasteiger partial charge in [-0.2, -0.15) is 0 Å². The van der Waals surface area contributed by atoms with Crippen LogP contribution in [0.3, 0.4) is 0 Å². The molecule has 1 aromatic carbocycles. The number of aliphatic hydroxyl groups excluding tert-OH is 1. The molecule has 0 bridgehead atoms. The van der Waals surface area contributed by atoms with Crippen molar-refractivity contribution >= 4 is 22.8 Å². The summed E-state index contributed by atoms with van der Waals surface area (Å²) in [5, 5.41) is 12.7. The predicted octanol–water partition coefficient (Wildman–Crippen LogP) is 3.39. The molecule has 1 saturated heterocycles. The number of aromatic nitrogens is 3. The number of benzene rings is 1. The van der Waals surface area contributed by atoms with Gasteiger partial charge in [0.25, 0.3) is 11.8 Å². The molecule has 3 heterocycles. The van der Waals surface area contributed by atoms with Crippen LogP contribution in [0, 0.1) is 12.8 Å². The lowest BCUT2D eigenvalue weighted by molar-refractivity contribution is -0.140. The number of aryl methyl sites for hydroxylation is 2. The van der Waals surface area contributed by atoms with Crippen LogP contribution in [0.5, 0.6) is 5.75 Å². The Hall–Kier alpha value is -3.46. The first-order valence-electron chi connectivity index (χ1n) is 13.2. The van der Waals surface area contributed by atoms with Crippen molar-refractivity contribution in [2.45, 2.75) is 65.0 Å². The molecule has 1 saturated carbocycles. The normalized spacial score (nSPS) is 17.1. The molecule has 2 fully saturated rings. The molecule has 9 nitrogen and oxygen atoms in total. The zero-order valence-corrected chi connectivity index (χ0v) is 21.7. The molecule has 2 amide bonds. The van der Waals surface area contributed by atoms with Gasteiger partial charge in [0.2, 0.25) is 0 Å². The first kappa shape index (κ1) is 25.2. The topological polar surface area (TPSA) is 120 Å². The number of rotatable bonds is 8. The molecule has 0 radical (unpaired) electrons. The van der Waals surface area contributed by atoms with Gasteiger partial charge in [0.05, 0.1) is 17.7 Å². The van der Waals surface area contributed by atoms with Crippen LogP contribution in [0.4, 0.5) is 0 Å². The van der Waals surface area contributed by atoms with Crippen molar-refractivity contribution in [3.05, 3.63) is 41.3 Å². The number of piperidine rings is 1. The molecule has 1 aliphatic heterocycles. The smallest absolute Gasteiger partial charge is 0.255 e. The van der Waals surface area contributed by atoms with E-state index in [-0.39, 0.29) is 17.9 Å². The van der Waals surface area contributed by atoms with Crippen LogP contribution in [0.1, 0.15) is 61.1 Å². The minimum absolute atomic E-state index is 0.0557. The van der Waals surface area contributed by atoms with E-state index in [0.717, 1.165) is 29.1 Å². The van der Waals surface area contributed by atoms with Gasteiger partial charge in [0.1, 0.15) is 29.4 Å². The monoisotopic (exact) mass is 505 g/mol. The number of H-pyrrole nitrogens is 1. The van der Waals surface area contributed by atoms with E-state index >= 15 is 0 Å². The number of carbonyl (C=O) groups is 2. The molecule has 0 spiro atoms. The Morgan fingerprint density at radius 1 is 1.22 bits per heavy atom. The van der Waals surface area contributed by atoms with Crippen LogP contribution in [-0.2, 0) is 11.2 Å². The Balaban J connectivity index is 1.40. The Bertz CT molecular complexity index is 1310. The summed E-state index contributed by atoms with van der Waals surface area (Å²) in [5.74, 6) is 0.959. The Kier molecular flexibility index (Phi) is 7.15. The average Bonchev–Trinajstić information content (AvgIpc) is 3.66. The van der Waals surface area contributed by atoms with Crippen LogP contribution >= 0.6 is 0 Å². The molecule has 1 atom stereocenters. The second-order valence-electron chi connectivity index (χ2n) is 10.3. The summed E-state index contributed by atoms with van der Waals surface area (Å²) in [6, 6.07) is 6.16. The van der Waals surface area contributed by atoms with Gasteiger partial charge in [-0.1, -0.05) is 13.0 Å². The quantitative estimate of drug-likeness (QED) is 0.432. The van der Waals surface area contributed by atoms with Crippen LogP contribution in [0.2, 0.25) is 0 Å². The third kappa shape index (κ3) is 5.32. The molecule has 1 aliphatic carbocycles. The molecule has 9 heteroatoms. The molecule has 2 aromatic heterocycles. The van der Waals surface area contributed by atoms with Crippen molar-refractivity contribution in [1.29, 1.82) is 0 Å². The molecule has 0 unspecified atom stereocenters. The molecular weight excluding hydrogens is 470 g/mol. The summed E-state index contributed by atoms with van der Waals surface area (Å²) in [7, 11) is 0. The number of nitrogens with zero attached hydrogens (tertiary/aromatic N) is 3. The standard InChI is InChI=1S/C28H35N5O4/c1-4-18-7-8-22(37-14-19-5-6-19)21(13-18)24-26-25(30-15-29-24)23(16(2)31-26)27(35)32-20-9-11-33(12-10-20)28(36)17(3)34/h7-8,13,15,17,19-20,31,34H,4-6,9-12,14H2,1-3H3,(H,32,35)/t17-/m0/s1. The van der Waals surface area contributed by atoms with Gasteiger partial charge in [0, 0.05) is 30.4 Å². The van der Waals surface area contributed by atoms with E-state index in [4.69, 9.17) is 4.74 Å². The number of hydrogen-bond donors (Lipinski definition) is 3. The number of likely N-dealkylation sites (tertiary alicyclic amines) is 1. The minimum Gasteiger partial charge on any atom is -0.493 e. The maximum absolute atomic E-state index is 13.4. The molecule has 3 aromatic rings. The largest absolute Gasteiger partial charge is 0.493 e. The SMILES string of the molecule is CCc1ccc(OCC2CC2)c(-c2ncnc3c(C(=O)NC4CCN(C(=O)[C@H](C)O)CC4)c(C)[nH]c23)c1. The number of aromatic amines is 1. The van der Waals surface area contributed by atoms with Gasteiger partial charge in [-0.3, -0.25) is 9.59 Å². The summed E-state index contributed by atoms with van der Waals surface area (Å²) in [6.07, 6.45) is 5.09. The number of hydrogen-bond acceptors (Lipinski definition) is 6. The van der Waals surface area contributed by atoms with Crippen LogP contribution < -0.4 is 10.1 Å². The lowest BCUT2D eigenvalue weighted by Crippen LogP contribution is -2.48.